The fourth-order valence-corrected chi connectivity index (χ4v) is 1.46. The van der Waals surface area contributed by atoms with Gasteiger partial charge in [0.15, 0.2) is 17.5 Å². The molecule has 0 radical (unpaired) electrons. The first-order chi connectivity index (χ1) is 8.11. The molecule has 2 heterocycles. The van der Waals surface area contributed by atoms with Crippen LogP contribution in [0.15, 0.2) is 18.3 Å². The summed E-state index contributed by atoms with van der Waals surface area (Å²) in [7, 11) is 1.60. The lowest BCUT2D eigenvalue weighted by molar-refractivity contribution is 0.607. The predicted octanol–water partition coefficient (Wildman–Crippen LogP) is 2.68. The van der Waals surface area contributed by atoms with Crippen molar-refractivity contribution in [3.63, 3.8) is 0 Å². The van der Waals surface area contributed by atoms with Crippen LogP contribution in [-0.2, 0) is 0 Å². The zero-order valence-electron chi connectivity index (χ0n) is 9.33. The molecule has 0 unspecified atom stereocenters. The molecule has 2 aromatic heterocycles. The monoisotopic (exact) mass is 252 g/mol. The average Bonchev–Trinajstić information content (AvgIpc) is 2.33. The fourth-order valence-electron chi connectivity index (χ4n) is 1.35. The maximum absolute atomic E-state index is 13.5. The van der Waals surface area contributed by atoms with Crippen LogP contribution < -0.4 is 5.32 Å². The summed E-state index contributed by atoms with van der Waals surface area (Å²) in [6, 6.07) is 3.37. The minimum atomic E-state index is -0.454. The summed E-state index contributed by atoms with van der Waals surface area (Å²) in [5, 5.41) is 3.21. The molecule has 0 atom stereocenters. The van der Waals surface area contributed by atoms with Crippen molar-refractivity contribution < 1.29 is 4.39 Å². The number of rotatable bonds is 2. The Morgan fingerprint density at radius 1 is 1.29 bits per heavy atom. The molecule has 4 nitrogen and oxygen atoms in total. The van der Waals surface area contributed by atoms with Crippen LogP contribution in [0.25, 0.3) is 11.5 Å². The van der Waals surface area contributed by atoms with Gasteiger partial charge in [-0.3, -0.25) is 4.98 Å². The van der Waals surface area contributed by atoms with Crippen LogP contribution in [0.2, 0.25) is 5.02 Å². The van der Waals surface area contributed by atoms with Gasteiger partial charge in [-0.15, -0.1) is 0 Å². The quantitative estimate of drug-likeness (QED) is 0.893. The van der Waals surface area contributed by atoms with Gasteiger partial charge in [-0.2, -0.15) is 0 Å². The first-order valence-electron chi connectivity index (χ1n) is 4.95. The van der Waals surface area contributed by atoms with Crippen LogP contribution in [0, 0.1) is 12.7 Å². The maximum atomic E-state index is 13.5. The molecule has 0 saturated heterocycles. The van der Waals surface area contributed by atoms with Crippen LogP contribution in [0.5, 0.6) is 0 Å². The Balaban J connectivity index is 2.52. The van der Waals surface area contributed by atoms with Gasteiger partial charge in [0.05, 0.1) is 10.7 Å². The van der Waals surface area contributed by atoms with Gasteiger partial charge in [0.25, 0.3) is 0 Å². The largest absolute Gasteiger partial charge is 0.371 e. The minimum absolute atomic E-state index is 0.157. The lowest BCUT2D eigenvalue weighted by atomic mass is 10.3. The summed E-state index contributed by atoms with van der Waals surface area (Å²) in [5.74, 6) is 0.0689. The lowest BCUT2D eigenvalue weighted by Crippen LogP contribution is -2.04. The number of anilines is 1. The molecule has 0 aliphatic heterocycles. The third-order valence-corrected chi connectivity index (χ3v) is 2.43. The van der Waals surface area contributed by atoms with Crippen LogP contribution in [-0.4, -0.2) is 22.0 Å². The van der Waals surface area contributed by atoms with Crippen molar-refractivity contribution in [1.29, 1.82) is 0 Å². The van der Waals surface area contributed by atoms with E-state index < -0.39 is 5.82 Å². The fraction of sp³-hybridized carbons (Fsp3) is 0.182. The highest BCUT2D eigenvalue weighted by Crippen LogP contribution is 2.20. The zero-order chi connectivity index (χ0) is 12.4. The Morgan fingerprint density at radius 2 is 2.06 bits per heavy atom. The van der Waals surface area contributed by atoms with Crippen molar-refractivity contribution >= 4 is 17.4 Å². The van der Waals surface area contributed by atoms with Gasteiger partial charge in [-0.25, -0.2) is 14.4 Å². The second kappa shape index (κ2) is 4.63. The highest BCUT2D eigenvalue weighted by atomic mass is 35.5. The Labute approximate surface area is 103 Å². The summed E-state index contributed by atoms with van der Waals surface area (Å²) in [6.45, 7) is 1.58. The molecule has 2 rings (SSSR count). The molecular formula is C11H10ClFN4. The molecule has 1 N–H and O–H groups in total. The van der Waals surface area contributed by atoms with E-state index in [0.29, 0.717) is 16.5 Å². The second-order valence-electron chi connectivity index (χ2n) is 3.41. The van der Waals surface area contributed by atoms with Gasteiger partial charge in [0, 0.05) is 13.2 Å². The predicted molar refractivity (Wildman–Crippen MR) is 64.5 cm³/mol. The van der Waals surface area contributed by atoms with E-state index in [1.165, 1.54) is 6.20 Å². The summed E-state index contributed by atoms with van der Waals surface area (Å²) in [5.41, 5.74) is 0.824. The first-order valence-corrected chi connectivity index (χ1v) is 5.33. The van der Waals surface area contributed by atoms with Crippen molar-refractivity contribution in [2.75, 3.05) is 12.4 Å². The number of halogens is 2. The number of hydrogen-bond acceptors (Lipinski definition) is 4. The summed E-state index contributed by atoms with van der Waals surface area (Å²) < 4.78 is 13.5. The van der Waals surface area contributed by atoms with Crippen LogP contribution >= 0.6 is 11.6 Å². The van der Waals surface area contributed by atoms with Crippen molar-refractivity contribution in [2.45, 2.75) is 6.92 Å². The molecule has 17 heavy (non-hydrogen) atoms. The van der Waals surface area contributed by atoms with Gasteiger partial charge < -0.3 is 5.32 Å². The van der Waals surface area contributed by atoms with Crippen molar-refractivity contribution in [3.8, 4) is 11.5 Å². The number of nitrogens with zero attached hydrogens (tertiary/aromatic N) is 3. The van der Waals surface area contributed by atoms with Gasteiger partial charge in [-0.05, 0) is 19.1 Å². The highest BCUT2D eigenvalue weighted by molar-refractivity contribution is 6.30. The smallest absolute Gasteiger partial charge is 0.186 e. The van der Waals surface area contributed by atoms with E-state index in [2.05, 4.69) is 20.3 Å². The lowest BCUT2D eigenvalue weighted by Gasteiger charge is -2.06. The van der Waals surface area contributed by atoms with Gasteiger partial charge in [0.1, 0.15) is 5.69 Å². The van der Waals surface area contributed by atoms with Gasteiger partial charge in [0.2, 0.25) is 0 Å². The van der Waals surface area contributed by atoms with E-state index in [-0.39, 0.29) is 11.5 Å². The van der Waals surface area contributed by atoms with E-state index in [0.717, 1.165) is 0 Å². The molecule has 0 amide bonds. The summed E-state index contributed by atoms with van der Waals surface area (Å²) in [6.07, 6.45) is 1.50. The molecule has 0 saturated carbocycles. The topological polar surface area (TPSA) is 50.7 Å². The van der Waals surface area contributed by atoms with Gasteiger partial charge >= 0.3 is 0 Å². The molecule has 2 aromatic rings. The molecule has 0 aliphatic carbocycles. The maximum Gasteiger partial charge on any atom is 0.186 e. The van der Waals surface area contributed by atoms with Crippen LogP contribution in [0.3, 0.4) is 0 Å². The number of aromatic nitrogens is 3. The Morgan fingerprint density at radius 3 is 2.65 bits per heavy atom. The van der Waals surface area contributed by atoms with Crippen molar-refractivity contribution in [3.05, 3.63) is 34.9 Å². The van der Waals surface area contributed by atoms with E-state index in [9.17, 15) is 4.39 Å². The normalized spacial score (nSPS) is 10.4. The molecular weight excluding hydrogens is 243 g/mol. The number of nitrogens with one attached hydrogen (secondary N) is 1. The van der Waals surface area contributed by atoms with Crippen LogP contribution in [0.1, 0.15) is 5.69 Å². The molecule has 0 aromatic carbocycles. The molecule has 0 spiro atoms. The zero-order valence-corrected chi connectivity index (χ0v) is 10.1. The number of pyridine rings is 1. The van der Waals surface area contributed by atoms with E-state index in [1.54, 1.807) is 26.1 Å². The van der Waals surface area contributed by atoms with Crippen LogP contribution in [0.4, 0.5) is 10.2 Å². The molecule has 0 aliphatic rings. The SMILES string of the molecule is CNc1nc(-c2ccc(Cl)cn2)nc(C)c1F. The summed E-state index contributed by atoms with van der Waals surface area (Å²) >= 11 is 5.74. The third-order valence-electron chi connectivity index (χ3n) is 2.21. The Bertz CT molecular complexity index is 542. The third kappa shape index (κ3) is 2.34. The molecule has 0 bridgehead atoms. The van der Waals surface area contributed by atoms with Gasteiger partial charge in [-0.1, -0.05) is 11.6 Å². The Hall–Kier alpha value is -1.75. The molecule has 88 valence electrons. The second-order valence-corrected chi connectivity index (χ2v) is 3.84. The number of aryl methyl sites for hydroxylation is 1. The van der Waals surface area contributed by atoms with E-state index in [1.807, 2.05) is 0 Å². The first kappa shape index (κ1) is 11.7. The summed E-state index contributed by atoms with van der Waals surface area (Å²) in [4.78, 5) is 12.2. The molecule has 6 heteroatoms. The Kier molecular flexibility index (Phi) is 3.19. The highest BCUT2D eigenvalue weighted by Gasteiger charge is 2.12. The van der Waals surface area contributed by atoms with E-state index in [4.69, 9.17) is 11.6 Å². The van der Waals surface area contributed by atoms with E-state index >= 15 is 0 Å². The standard InChI is InChI=1S/C11H10ClFN4/c1-6-9(13)11(14-2)17-10(16-6)8-4-3-7(12)5-15-8/h3-5H,1-2H3,(H,14,16,17). The molecule has 0 fully saturated rings. The van der Waals surface area contributed by atoms with Crippen molar-refractivity contribution in [2.24, 2.45) is 0 Å². The minimum Gasteiger partial charge on any atom is -0.371 e. The average molecular weight is 253 g/mol. The number of hydrogen-bond donors (Lipinski definition) is 1. The van der Waals surface area contributed by atoms with Crippen molar-refractivity contribution in [1.82, 2.24) is 15.0 Å².